The number of hydrogen-bond donors (Lipinski definition) is 2. The van der Waals surface area contributed by atoms with Crippen molar-refractivity contribution >= 4 is 24.0 Å². The Morgan fingerprint density at radius 1 is 1.17 bits per heavy atom. The van der Waals surface area contributed by atoms with Crippen LogP contribution in [0.2, 0.25) is 0 Å². The number of hydrogen-bond acceptors (Lipinski definition) is 2. The highest BCUT2D eigenvalue weighted by atomic mass is 35.5. The summed E-state index contributed by atoms with van der Waals surface area (Å²) < 4.78 is 26.1. The van der Waals surface area contributed by atoms with Gasteiger partial charge in [0.15, 0.2) is 11.6 Å². The normalized spacial score (nSPS) is 16.2. The summed E-state index contributed by atoms with van der Waals surface area (Å²) in [5, 5.41) is 2.60. The van der Waals surface area contributed by atoms with Crippen LogP contribution in [-0.2, 0) is 6.42 Å². The Morgan fingerprint density at radius 2 is 1.96 bits per heavy atom. The van der Waals surface area contributed by atoms with E-state index >= 15 is 0 Å². The number of benzene rings is 2. The number of nitrogens with one attached hydrogen (secondary N) is 1. The summed E-state index contributed by atoms with van der Waals surface area (Å²) in [5.41, 5.74) is 8.78. The molecular weight excluding hydrogens is 322 g/mol. The zero-order valence-corrected chi connectivity index (χ0v) is 13.1. The number of carbonyl (C=O) groups is 1. The van der Waals surface area contributed by atoms with Gasteiger partial charge < -0.3 is 11.1 Å². The third-order valence-corrected chi connectivity index (χ3v) is 3.98. The quantitative estimate of drug-likeness (QED) is 0.870. The fourth-order valence-electron chi connectivity index (χ4n) is 2.87. The second-order valence-electron chi connectivity index (χ2n) is 5.46. The van der Waals surface area contributed by atoms with E-state index in [-0.39, 0.29) is 30.0 Å². The molecule has 0 radical (unpaired) electrons. The van der Waals surface area contributed by atoms with Crippen molar-refractivity contribution in [2.75, 3.05) is 5.32 Å². The lowest BCUT2D eigenvalue weighted by molar-refractivity contribution is 0.102. The van der Waals surface area contributed by atoms with Crippen molar-refractivity contribution in [2.24, 2.45) is 5.73 Å². The predicted molar refractivity (Wildman–Crippen MR) is 87.9 cm³/mol. The maximum absolute atomic E-state index is 13.2. The van der Waals surface area contributed by atoms with Crippen LogP contribution < -0.4 is 11.1 Å². The first-order valence-corrected chi connectivity index (χ1v) is 7.20. The monoisotopic (exact) mass is 338 g/mol. The molecule has 0 bridgehead atoms. The van der Waals surface area contributed by atoms with Crippen LogP contribution in [0.4, 0.5) is 14.5 Å². The van der Waals surface area contributed by atoms with E-state index < -0.39 is 11.6 Å². The zero-order valence-electron chi connectivity index (χ0n) is 12.3. The van der Waals surface area contributed by atoms with Crippen molar-refractivity contribution in [3.05, 3.63) is 64.7 Å². The molecule has 122 valence electrons. The van der Waals surface area contributed by atoms with E-state index in [4.69, 9.17) is 5.73 Å². The average Bonchev–Trinajstić information content (AvgIpc) is 2.51. The molecule has 0 aliphatic heterocycles. The summed E-state index contributed by atoms with van der Waals surface area (Å²) in [5.74, 6) is -2.27. The number of amides is 1. The van der Waals surface area contributed by atoms with Crippen LogP contribution in [0, 0.1) is 11.6 Å². The van der Waals surface area contributed by atoms with E-state index in [9.17, 15) is 13.6 Å². The molecule has 0 saturated heterocycles. The standard InChI is InChI=1S/C17H16F2N2O.ClH/c18-14-8-7-10(9-15(14)19)21-17(22)13-5-1-4-12-11(13)3-2-6-16(12)20;/h1,4-5,7-9,16H,2-3,6,20H2,(H,21,22);1H/t16-;/m0./s1. The summed E-state index contributed by atoms with van der Waals surface area (Å²) in [6, 6.07) is 8.69. The molecule has 0 aromatic heterocycles. The highest BCUT2D eigenvalue weighted by molar-refractivity contribution is 6.05. The Labute approximate surface area is 139 Å². The molecule has 0 spiro atoms. The van der Waals surface area contributed by atoms with Crippen molar-refractivity contribution in [3.63, 3.8) is 0 Å². The molecule has 3 rings (SSSR count). The van der Waals surface area contributed by atoms with Gasteiger partial charge in [0, 0.05) is 23.4 Å². The number of anilines is 1. The van der Waals surface area contributed by atoms with Crippen LogP contribution >= 0.6 is 12.4 Å². The molecule has 1 amide bonds. The first kappa shape index (κ1) is 17.4. The number of carbonyl (C=O) groups excluding carboxylic acids is 1. The minimum atomic E-state index is -0.991. The summed E-state index contributed by atoms with van der Waals surface area (Å²) >= 11 is 0. The highest BCUT2D eigenvalue weighted by Crippen LogP contribution is 2.30. The van der Waals surface area contributed by atoms with Crippen molar-refractivity contribution in [1.29, 1.82) is 0 Å². The molecule has 0 fully saturated rings. The van der Waals surface area contributed by atoms with Crippen molar-refractivity contribution in [3.8, 4) is 0 Å². The number of nitrogens with two attached hydrogens (primary N) is 1. The maximum Gasteiger partial charge on any atom is 0.255 e. The molecule has 2 aromatic carbocycles. The zero-order chi connectivity index (χ0) is 15.7. The van der Waals surface area contributed by atoms with Crippen LogP contribution in [0.15, 0.2) is 36.4 Å². The lowest BCUT2D eigenvalue weighted by Gasteiger charge is -2.24. The van der Waals surface area contributed by atoms with Gasteiger partial charge in [-0.3, -0.25) is 4.79 Å². The van der Waals surface area contributed by atoms with Gasteiger partial charge in [0.05, 0.1) is 0 Å². The first-order chi connectivity index (χ1) is 10.6. The second kappa shape index (κ2) is 7.06. The number of rotatable bonds is 2. The predicted octanol–water partition coefficient (Wildman–Crippen LogP) is 3.98. The largest absolute Gasteiger partial charge is 0.324 e. The Hall–Kier alpha value is -1.98. The molecule has 1 atom stereocenters. The third kappa shape index (κ3) is 3.51. The summed E-state index contributed by atoms with van der Waals surface area (Å²) in [6.07, 6.45) is 2.63. The lowest BCUT2D eigenvalue weighted by Crippen LogP contribution is -2.22. The Morgan fingerprint density at radius 3 is 2.70 bits per heavy atom. The van der Waals surface area contributed by atoms with Crippen LogP contribution in [0.25, 0.3) is 0 Å². The van der Waals surface area contributed by atoms with Crippen LogP contribution in [0.5, 0.6) is 0 Å². The smallest absolute Gasteiger partial charge is 0.255 e. The van der Waals surface area contributed by atoms with E-state index in [2.05, 4.69) is 5.32 Å². The topological polar surface area (TPSA) is 55.1 Å². The van der Waals surface area contributed by atoms with Crippen molar-refractivity contribution in [1.82, 2.24) is 0 Å². The highest BCUT2D eigenvalue weighted by Gasteiger charge is 2.22. The van der Waals surface area contributed by atoms with E-state index in [1.54, 1.807) is 12.1 Å². The second-order valence-corrected chi connectivity index (χ2v) is 5.46. The van der Waals surface area contributed by atoms with Crippen molar-refractivity contribution < 1.29 is 13.6 Å². The number of fused-ring (bicyclic) bond motifs is 1. The van der Waals surface area contributed by atoms with Gasteiger partial charge in [0.2, 0.25) is 0 Å². The van der Waals surface area contributed by atoms with Crippen LogP contribution in [0.1, 0.15) is 40.4 Å². The molecule has 0 heterocycles. The van der Waals surface area contributed by atoms with Gasteiger partial charge in [-0.15, -0.1) is 12.4 Å². The molecule has 6 heteroatoms. The Balaban J connectivity index is 0.00000192. The minimum absolute atomic E-state index is 0. The molecule has 0 unspecified atom stereocenters. The van der Waals surface area contributed by atoms with Crippen LogP contribution in [-0.4, -0.2) is 5.91 Å². The maximum atomic E-state index is 13.2. The molecule has 3 nitrogen and oxygen atoms in total. The van der Waals surface area contributed by atoms with Gasteiger partial charge in [-0.1, -0.05) is 12.1 Å². The molecule has 1 aliphatic rings. The van der Waals surface area contributed by atoms with E-state index in [0.717, 1.165) is 42.5 Å². The summed E-state index contributed by atoms with van der Waals surface area (Å²) in [6.45, 7) is 0. The van der Waals surface area contributed by atoms with Gasteiger partial charge in [0.25, 0.3) is 5.91 Å². The summed E-state index contributed by atoms with van der Waals surface area (Å²) in [7, 11) is 0. The molecule has 0 saturated carbocycles. The SMILES string of the molecule is Cl.N[C@H]1CCCc2c(C(=O)Nc3ccc(F)c(F)c3)cccc21. The number of halogens is 3. The lowest BCUT2D eigenvalue weighted by atomic mass is 9.85. The Bertz CT molecular complexity index is 737. The molecule has 2 aromatic rings. The van der Waals surface area contributed by atoms with Gasteiger partial charge in [-0.05, 0) is 48.6 Å². The fourth-order valence-corrected chi connectivity index (χ4v) is 2.87. The molecular formula is C17H17ClF2N2O. The summed E-state index contributed by atoms with van der Waals surface area (Å²) in [4.78, 5) is 12.4. The van der Waals surface area contributed by atoms with E-state index in [1.807, 2.05) is 6.07 Å². The molecule has 23 heavy (non-hydrogen) atoms. The third-order valence-electron chi connectivity index (χ3n) is 3.98. The van der Waals surface area contributed by atoms with Gasteiger partial charge >= 0.3 is 0 Å². The van der Waals surface area contributed by atoms with E-state index in [0.29, 0.717) is 5.56 Å². The fraction of sp³-hybridized carbons (Fsp3) is 0.235. The van der Waals surface area contributed by atoms with Gasteiger partial charge in [-0.2, -0.15) is 0 Å². The molecule has 3 N–H and O–H groups in total. The van der Waals surface area contributed by atoms with E-state index in [1.165, 1.54) is 6.07 Å². The first-order valence-electron chi connectivity index (χ1n) is 7.20. The average molecular weight is 339 g/mol. The van der Waals surface area contributed by atoms with Gasteiger partial charge in [-0.25, -0.2) is 8.78 Å². The van der Waals surface area contributed by atoms with Crippen LogP contribution in [0.3, 0.4) is 0 Å². The van der Waals surface area contributed by atoms with Crippen molar-refractivity contribution in [2.45, 2.75) is 25.3 Å². The minimum Gasteiger partial charge on any atom is -0.324 e. The molecule has 1 aliphatic carbocycles. The Kier molecular flexibility index (Phi) is 5.34. The van der Waals surface area contributed by atoms with Gasteiger partial charge in [0.1, 0.15) is 0 Å².